The Morgan fingerprint density at radius 1 is 1.40 bits per heavy atom. The Hall–Kier alpha value is -1.55. The first-order valence-electron chi connectivity index (χ1n) is 7.18. The number of methoxy groups -OCH3 is 1. The lowest BCUT2D eigenvalue weighted by molar-refractivity contribution is -0.129. The van der Waals surface area contributed by atoms with E-state index in [0.717, 1.165) is 17.7 Å². The minimum atomic E-state index is -0.598. The predicted octanol–water partition coefficient (Wildman–Crippen LogP) is 2.38. The van der Waals surface area contributed by atoms with Crippen molar-refractivity contribution in [3.8, 4) is 5.75 Å². The van der Waals surface area contributed by atoms with Gasteiger partial charge in [0.1, 0.15) is 5.75 Å². The van der Waals surface area contributed by atoms with E-state index in [4.69, 9.17) is 4.74 Å². The SMILES string of the molecule is CCC(C)N1CC(C(O)c2ccc(OC)cc2)CC1=O. The molecule has 1 fully saturated rings. The Bertz CT molecular complexity index is 457. The lowest BCUT2D eigenvalue weighted by Crippen LogP contribution is -2.34. The lowest BCUT2D eigenvalue weighted by Gasteiger charge is -2.24. The standard InChI is InChI=1S/C16H23NO3/c1-4-11(2)17-10-13(9-15(17)18)16(19)12-5-7-14(20-3)8-6-12/h5-8,11,13,16,19H,4,9-10H2,1-3H3. The molecule has 1 aromatic rings. The number of carbonyl (C=O) groups is 1. The minimum Gasteiger partial charge on any atom is -0.497 e. The topological polar surface area (TPSA) is 49.8 Å². The number of ether oxygens (including phenoxy) is 1. The number of amides is 1. The Balaban J connectivity index is 2.06. The van der Waals surface area contributed by atoms with E-state index in [2.05, 4.69) is 13.8 Å². The van der Waals surface area contributed by atoms with Gasteiger partial charge in [-0.1, -0.05) is 19.1 Å². The van der Waals surface area contributed by atoms with Gasteiger partial charge < -0.3 is 14.7 Å². The molecule has 0 bridgehead atoms. The summed E-state index contributed by atoms with van der Waals surface area (Å²) in [5.41, 5.74) is 0.842. The van der Waals surface area contributed by atoms with Crippen LogP contribution in [0.25, 0.3) is 0 Å². The van der Waals surface area contributed by atoms with E-state index < -0.39 is 6.10 Å². The van der Waals surface area contributed by atoms with Crippen molar-refractivity contribution in [1.29, 1.82) is 0 Å². The van der Waals surface area contributed by atoms with Crippen LogP contribution in [0.15, 0.2) is 24.3 Å². The molecular formula is C16H23NO3. The van der Waals surface area contributed by atoms with Crippen molar-refractivity contribution in [1.82, 2.24) is 4.90 Å². The summed E-state index contributed by atoms with van der Waals surface area (Å²) in [7, 11) is 1.62. The molecule has 0 aliphatic carbocycles. The minimum absolute atomic E-state index is 0.0232. The molecule has 4 heteroatoms. The number of carbonyl (C=O) groups excluding carboxylic acids is 1. The zero-order valence-electron chi connectivity index (χ0n) is 12.4. The summed E-state index contributed by atoms with van der Waals surface area (Å²) in [5.74, 6) is 0.895. The summed E-state index contributed by atoms with van der Waals surface area (Å²) >= 11 is 0. The van der Waals surface area contributed by atoms with Gasteiger partial charge in [-0.05, 0) is 31.0 Å². The van der Waals surface area contributed by atoms with Gasteiger partial charge in [0, 0.05) is 24.9 Å². The predicted molar refractivity (Wildman–Crippen MR) is 77.5 cm³/mol. The second-order valence-corrected chi connectivity index (χ2v) is 5.49. The van der Waals surface area contributed by atoms with E-state index in [1.54, 1.807) is 7.11 Å². The van der Waals surface area contributed by atoms with Crippen molar-refractivity contribution in [2.45, 2.75) is 38.8 Å². The Morgan fingerprint density at radius 2 is 2.05 bits per heavy atom. The Morgan fingerprint density at radius 3 is 2.60 bits per heavy atom. The first-order chi connectivity index (χ1) is 9.56. The third kappa shape index (κ3) is 2.96. The molecular weight excluding hydrogens is 254 g/mol. The number of rotatable bonds is 5. The maximum absolute atomic E-state index is 12.0. The molecule has 1 saturated heterocycles. The summed E-state index contributed by atoms with van der Waals surface area (Å²) in [6.45, 7) is 4.77. The molecule has 1 aliphatic heterocycles. The molecule has 4 nitrogen and oxygen atoms in total. The highest BCUT2D eigenvalue weighted by Gasteiger charge is 2.36. The Kier molecular flexibility index (Phi) is 4.65. The fraction of sp³-hybridized carbons (Fsp3) is 0.562. The highest BCUT2D eigenvalue weighted by molar-refractivity contribution is 5.79. The zero-order valence-corrected chi connectivity index (χ0v) is 12.4. The van der Waals surface area contributed by atoms with Crippen molar-refractivity contribution < 1.29 is 14.6 Å². The number of hydrogen-bond acceptors (Lipinski definition) is 3. The van der Waals surface area contributed by atoms with E-state index in [1.165, 1.54) is 0 Å². The van der Waals surface area contributed by atoms with Crippen LogP contribution >= 0.6 is 0 Å². The second-order valence-electron chi connectivity index (χ2n) is 5.49. The summed E-state index contributed by atoms with van der Waals surface area (Å²) in [4.78, 5) is 13.9. The average Bonchev–Trinajstić information content (AvgIpc) is 2.87. The van der Waals surface area contributed by atoms with Crippen molar-refractivity contribution >= 4 is 5.91 Å². The van der Waals surface area contributed by atoms with Gasteiger partial charge in [-0.3, -0.25) is 4.79 Å². The summed E-state index contributed by atoms with van der Waals surface area (Å²) in [6.07, 6.45) is 0.771. The molecule has 0 spiro atoms. The maximum atomic E-state index is 12.0. The molecule has 0 radical (unpaired) electrons. The van der Waals surface area contributed by atoms with Gasteiger partial charge in [0.15, 0.2) is 0 Å². The maximum Gasteiger partial charge on any atom is 0.223 e. The van der Waals surface area contributed by atoms with Crippen LogP contribution in [-0.2, 0) is 4.79 Å². The van der Waals surface area contributed by atoms with Gasteiger partial charge >= 0.3 is 0 Å². The van der Waals surface area contributed by atoms with Crippen LogP contribution in [-0.4, -0.2) is 35.6 Å². The molecule has 0 aromatic heterocycles. The summed E-state index contributed by atoms with van der Waals surface area (Å²) < 4.78 is 5.11. The van der Waals surface area contributed by atoms with Crippen molar-refractivity contribution in [3.63, 3.8) is 0 Å². The van der Waals surface area contributed by atoms with Gasteiger partial charge in [-0.2, -0.15) is 0 Å². The quantitative estimate of drug-likeness (QED) is 0.899. The van der Waals surface area contributed by atoms with Gasteiger partial charge in [0.25, 0.3) is 0 Å². The monoisotopic (exact) mass is 277 g/mol. The first kappa shape index (κ1) is 14.9. The van der Waals surface area contributed by atoms with Gasteiger partial charge in [0.2, 0.25) is 5.91 Å². The molecule has 1 aliphatic rings. The number of likely N-dealkylation sites (tertiary alicyclic amines) is 1. The average molecular weight is 277 g/mol. The van der Waals surface area contributed by atoms with Crippen molar-refractivity contribution in [2.24, 2.45) is 5.92 Å². The normalized spacial score (nSPS) is 21.9. The first-order valence-corrected chi connectivity index (χ1v) is 7.18. The third-order valence-corrected chi connectivity index (χ3v) is 4.22. The highest BCUT2D eigenvalue weighted by Crippen LogP contribution is 2.32. The van der Waals surface area contributed by atoms with Crippen LogP contribution < -0.4 is 4.74 Å². The molecule has 1 aromatic carbocycles. The molecule has 0 saturated carbocycles. The fourth-order valence-electron chi connectivity index (χ4n) is 2.69. The number of nitrogens with zero attached hydrogens (tertiary/aromatic N) is 1. The van der Waals surface area contributed by atoms with E-state index in [-0.39, 0.29) is 17.9 Å². The Labute approximate surface area is 120 Å². The van der Waals surface area contributed by atoms with Crippen LogP contribution in [0, 0.1) is 5.92 Å². The van der Waals surface area contributed by atoms with Crippen LogP contribution in [0.4, 0.5) is 0 Å². The fourth-order valence-corrected chi connectivity index (χ4v) is 2.69. The highest BCUT2D eigenvalue weighted by atomic mass is 16.5. The van der Waals surface area contributed by atoms with Gasteiger partial charge in [0.05, 0.1) is 13.2 Å². The van der Waals surface area contributed by atoms with E-state index in [1.807, 2.05) is 29.2 Å². The van der Waals surface area contributed by atoms with E-state index >= 15 is 0 Å². The second kappa shape index (κ2) is 6.27. The molecule has 2 rings (SSSR count). The van der Waals surface area contributed by atoms with Crippen LogP contribution in [0.2, 0.25) is 0 Å². The molecule has 1 heterocycles. The largest absolute Gasteiger partial charge is 0.497 e. The lowest BCUT2D eigenvalue weighted by atomic mass is 9.95. The smallest absolute Gasteiger partial charge is 0.223 e. The van der Waals surface area contributed by atoms with Gasteiger partial charge in [-0.25, -0.2) is 0 Å². The molecule has 1 amide bonds. The van der Waals surface area contributed by atoms with E-state index in [0.29, 0.717) is 13.0 Å². The molecule has 3 unspecified atom stereocenters. The van der Waals surface area contributed by atoms with E-state index in [9.17, 15) is 9.90 Å². The number of aliphatic hydroxyl groups is 1. The van der Waals surface area contributed by atoms with Crippen LogP contribution in [0.1, 0.15) is 38.4 Å². The van der Waals surface area contributed by atoms with Gasteiger partial charge in [-0.15, -0.1) is 0 Å². The number of aliphatic hydroxyl groups excluding tert-OH is 1. The molecule has 110 valence electrons. The molecule has 20 heavy (non-hydrogen) atoms. The van der Waals surface area contributed by atoms with Crippen LogP contribution in [0.3, 0.4) is 0 Å². The molecule has 3 atom stereocenters. The summed E-state index contributed by atoms with van der Waals surface area (Å²) in [5, 5.41) is 10.5. The van der Waals surface area contributed by atoms with Crippen LogP contribution in [0.5, 0.6) is 5.75 Å². The third-order valence-electron chi connectivity index (χ3n) is 4.22. The summed E-state index contributed by atoms with van der Waals surface area (Å²) in [6, 6.07) is 7.64. The number of benzene rings is 1. The number of hydrogen-bond donors (Lipinski definition) is 1. The zero-order chi connectivity index (χ0) is 14.7. The van der Waals surface area contributed by atoms with Crippen molar-refractivity contribution in [3.05, 3.63) is 29.8 Å². The molecule has 1 N–H and O–H groups in total. The van der Waals surface area contributed by atoms with Crippen molar-refractivity contribution in [2.75, 3.05) is 13.7 Å².